The van der Waals surface area contributed by atoms with Crippen molar-refractivity contribution in [3.8, 4) is 16.8 Å². The standard InChI is InChI=1S/C35H35ClF5N7O3/c1-32(2,3)20-34(24-8-5-21(6-9-24)23-17-44-47(18-23)30(37)38)29(50)48(31(42)45-34)27(19-51-28(49)16-33(11-12-33)35(39,40)41)22-7-10-25(36)26(15-22)46-14-4-13-43-46/h4-10,13-15,17-18,27,30H,11-12,16,19-20H2,1-3H3,(H2,42,45)/t27-,34-/m1/s1. The zero-order chi connectivity index (χ0) is 36.9. The van der Waals surface area contributed by atoms with Crippen molar-refractivity contribution in [3.63, 3.8) is 0 Å². The smallest absolute Gasteiger partial charge is 0.395 e. The highest BCUT2D eigenvalue weighted by Gasteiger charge is 2.64. The molecule has 16 heteroatoms. The van der Waals surface area contributed by atoms with E-state index in [4.69, 9.17) is 27.1 Å². The van der Waals surface area contributed by atoms with Gasteiger partial charge in [-0.1, -0.05) is 62.7 Å². The molecular formula is C35H35ClF5N7O3. The van der Waals surface area contributed by atoms with E-state index < -0.39 is 60.0 Å². The predicted molar refractivity (Wildman–Crippen MR) is 178 cm³/mol. The Balaban J connectivity index is 1.38. The van der Waals surface area contributed by atoms with E-state index in [0.29, 0.717) is 37.6 Å². The molecule has 1 aliphatic heterocycles. The van der Waals surface area contributed by atoms with Crippen molar-refractivity contribution in [1.29, 1.82) is 0 Å². The van der Waals surface area contributed by atoms with Gasteiger partial charge in [-0.2, -0.15) is 32.1 Å². The molecule has 2 N–H and O–H groups in total. The van der Waals surface area contributed by atoms with Gasteiger partial charge in [0.05, 0.1) is 34.8 Å². The minimum absolute atomic E-state index is 0.174. The average Bonchev–Trinajstić information content (AvgIpc) is 3.38. The van der Waals surface area contributed by atoms with Crippen LogP contribution in [-0.2, 0) is 19.9 Å². The Bertz CT molecular complexity index is 1950. The van der Waals surface area contributed by atoms with E-state index in [1.807, 2.05) is 20.8 Å². The number of ether oxygens (including phenoxy) is 1. The molecule has 10 nitrogen and oxygen atoms in total. The first-order valence-electron chi connectivity index (χ1n) is 16.1. The van der Waals surface area contributed by atoms with Crippen LogP contribution < -0.4 is 5.73 Å². The second-order valence-corrected chi connectivity index (χ2v) is 14.5. The number of halogens is 6. The minimum atomic E-state index is -4.56. The number of nitrogens with two attached hydrogens (primary N) is 1. The van der Waals surface area contributed by atoms with Gasteiger partial charge in [-0.3, -0.25) is 14.5 Å². The van der Waals surface area contributed by atoms with Gasteiger partial charge in [0.2, 0.25) is 0 Å². The highest BCUT2D eigenvalue weighted by Crippen LogP contribution is 2.60. The van der Waals surface area contributed by atoms with Crippen LogP contribution in [0.2, 0.25) is 5.02 Å². The van der Waals surface area contributed by atoms with Gasteiger partial charge in [-0.15, -0.1) is 0 Å². The van der Waals surface area contributed by atoms with E-state index >= 15 is 0 Å². The fourth-order valence-corrected chi connectivity index (χ4v) is 6.67. The van der Waals surface area contributed by atoms with Crippen LogP contribution in [0.3, 0.4) is 0 Å². The third kappa shape index (κ3) is 7.08. The zero-order valence-electron chi connectivity index (χ0n) is 27.9. The largest absolute Gasteiger partial charge is 0.463 e. The summed E-state index contributed by atoms with van der Waals surface area (Å²) in [6.07, 6.45) is 0.127. The lowest BCUT2D eigenvalue weighted by atomic mass is 9.75. The monoisotopic (exact) mass is 731 g/mol. The van der Waals surface area contributed by atoms with Gasteiger partial charge >= 0.3 is 18.7 Å². The van der Waals surface area contributed by atoms with E-state index in [1.165, 1.54) is 22.0 Å². The van der Waals surface area contributed by atoms with Crippen LogP contribution in [0.1, 0.15) is 70.2 Å². The summed E-state index contributed by atoms with van der Waals surface area (Å²) in [7, 11) is 0. The zero-order valence-corrected chi connectivity index (χ0v) is 28.6. The molecule has 1 saturated carbocycles. The first-order chi connectivity index (χ1) is 23.9. The van der Waals surface area contributed by atoms with Gasteiger partial charge in [0, 0.05) is 24.2 Å². The third-order valence-corrected chi connectivity index (χ3v) is 9.49. The summed E-state index contributed by atoms with van der Waals surface area (Å²) in [6.45, 7) is 2.43. The first-order valence-corrected chi connectivity index (χ1v) is 16.4. The summed E-state index contributed by atoms with van der Waals surface area (Å²) in [6, 6.07) is 12.0. The maximum absolute atomic E-state index is 14.9. The molecule has 0 spiro atoms. The lowest BCUT2D eigenvalue weighted by molar-refractivity contribution is -0.195. The van der Waals surface area contributed by atoms with Crippen molar-refractivity contribution in [2.24, 2.45) is 21.6 Å². The van der Waals surface area contributed by atoms with Crippen molar-refractivity contribution in [3.05, 3.63) is 89.5 Å². The van der Waals surface area contributed by atoms with Crippen molar-refractivity contribution in [2.75, 3.05) is 6.61 Å². The Morgan fingerprint density at radius 2 is 1.76 bits per heavy atom. The molecule has 0 saturated heterocycles. The molecule has 3 heterocycles. The third-order valence-electron chi connectivity index (χ3n) is 9.17. The molecule has 2 aromatic heterocycles. The van der Waals surface area contributed by atoms with Gasteiger partial charge in [-0.05, 0) is 59.6 Å². The summed E-state index contributed by atoms with van der Waals surface area (Å²) in [5.74, 6) is -1.82. The molecule has 270 valence electrons. The van der Waals surface area contributed by atoms with Gasteiger partial charge < -0.3 is 10.5 Å². The second-order valence-electron chi connectivity index (χ2n) is 14.1. The molecule has 2 aromatic carbocycles. The minimum Gasteiger partial charge on any atom is -0.463 e. The number of aromatic nitrogens is 4. The fraction of sp³-hybridized carbons (Fsp3) is 0.400. The van der Waals surface area contributed by atoms with Gasteiger partial charge in [0.15, 0.2) is 11.5 Å². The Labute approximate surface area is 295 Å². The van der Waals surface area contributed by atoms with Crippen LogP contribution in [0.5, 0.6) is 0 Å². The molecule has 4 aromatic rings. The van der Waals surface area contributed by atoms with Crippen LogP contribution in [-0.4, -0.2) is 55.1 Å². The van der Waals surface area contributed by atoms with Gasteiger partial charge in [0.1, 0.15) is 6.61 Å². The van der Waals surface area contributed by atoms with Crippen molar-refractivity contribution in [1.82, 2.24) is 24.5 Å². The number of aliphatic imine (C=N–C) groups is 1. The Morgan fingerprint density at radius 1 is 1.06 bits per heavy atom. The molecule has 6 rings (SSSR count). The van der Waals surface area contributed by atoms with Crippen LogP contribution in [0.4, 0.5) is 22.0 Å². The Hall–Kier alpha value is -4.79. The lowest BCUT2D eigenvalue weighted by Gasteiger charge is -2.35. The maximum atomic E-state index is 14.9. The van der Waals surface area contributed by atoms with Crippen molar-refractivity contribution >= 4 is 29.4 Å². The van der Waals surface area contributed by atoms with Crippen LogP contribution in [0.15, 0.2) is 78.3 Å². The number of amides is 1. The SMILES string of the molecule is CC(C)(C)C[C@]1(c2ccc(-c3cnn(C(F)F)c3)cc2)N=C(N)N([C@H](COC(=O)CC2(C(F)(F)F)CC2)c2ccc(Cl)c(-n3cccn3)c2)C1=O. The number of rotatable bonds is 11. The fourth-order valence-electron chi connectivity index (χ4n) is 6.46. The summed E-state index contributed by atoms with van der Waals surface area (Å²) in [5.41, 5.74) is 4.69. The Kier molecular flexibility index (Phi) is 9.23. The molecule has 0 bridgehead atoms. The summed E-state index contributed by atoms with van der Waals surface area (Å²) < 4.78 is 74.9. The summed E-state index contributed by atoms with van der Waals surface area (Å²) in [4.78, 5) is 33.7. The maximum Gasteiger partial charge on any atom is 0.395 e. The van der Waals surface area contributed by atoms with Gasteiger partial charge in [0.25, 0.3) is 5.91 Å². The number of guanidine groups is 1. The van der Waals surface area contributed by atoms with E-state index in [9.17, 15) is 31.5 Å². The van der Waals surface area contributed by atoms with Gasteiger partial charge in [-0.25, -0.2) is 14.4 Å². The number of hydrogen-bond acceptors (Lipinski definition) is 7. The summed E-state index contributed by atoms with van der Waals surface area (Å²) >= 11 is 6.51. The number of nitrogens with zero attached hydrogens (tertiary/aromatic N) is 6. The molecule has 51 heavy (non-hydrogen) atoms. The molecule has 2 atom stereocenters. The van der Waals surface area contributed by atoms with E-state index in [0.717, 1.165) is 0 Å². The van der Waals surface area contributed by atoms with Crippen molar-refractivity contribution < 1.29 is 36.3 Å². The number of carbonyl (C=O) groups excluding carboxylic acids is 2. The second kappa shape index (κ2) is 13.1. The van der Waals surface area contributed by atoms with E-state index in [1.54, 1.807) is 60.9 Å². The number of benzene rings is 2. The first kappa shape index (κ1) is 36.0. The topological polar surface area (TPSA) is 121 Å². The number of alkyl halides is 5. The highest BCUT2D eigenvalue weighted by molar-refractivity contribution is 6.32. The highest BCUT2D eigenvalue weighted by atomic mass is 35.5. The molecule has 0 unspecified atom stereocenters. The number of carbonyl (C=O) groups is 2. The summed E-state index contributed by atoms with van der Waals surface area (Å²) in [5, 5.41) is 8.23. The molecule has 1 fully saturated rings. The van der Waals surface area contributed by atoms with E-state index in [-0.39, 0.29) is 25.2 Å². The van der Waals surface area contributed by atoms with E-state index in [2.05, 4.69) is 10.2 Å². The van der Waals surface area contributed by atoms with Crippen LogP contribution in [0.25, 0.3) is 16.8 Å². The normalized spacial score (nSPS) is 19.4. The van der Waals surface area contributed by atoms with Crippen LogP contribution >= 0.6 is 11.6 Å². The average molecular weight is 732 g/mol. The molecule has 1 amide bonds. The molecule has 2 aliphatic rings. The predicted octanol–water partition coefficient (Wildman–Crippen LogP) is 7.59. The van der Waals surface area contributed by atoms with Crippen molar-refractivity contribution in [2.45, 2.75) is 70.8 Å². The number of esters is 1. The molecular weight excluding hydrogens is 697 g/mol. The number of hydrogen-bond donors (Lipinski definition) is 1. The molecule has 1 aliphatic carbocycles. The van der Waals surface area contributed by atoms with Crippen LogP contribution in [0, 0.1) is 10.8 Å². The quantitative estimate of drug-likeness (QED) is 0.125. The lowest BCUT2D eigenvalue weighted by Crippen LogP contribution is -2.47. The Morgan fingerprint density at radius 3 is 2.33 bits per heavy atom. The molecule has 0 radical (unpaired) electrons.